The molecule has 10 heteroatoms. The average molecular weight is 589 g/mol. The van der Waals surface area contributed by atoms with Crippen molar-refractivity contribution in [2.45, 2.75) is 76.7 Å². The summed E-state index contributed by atoms with van der Waals surface area (Å²) in [7, 11) is 2.02. The lowest BCUT2D eigenvalue weighted by Crippen LogP contribution is -2.58. The number of likely N-dealkylation sites (tertiary alicyclic amines) is 1. The maximum absolute atomic E-state index is 14.2. The highest BCUT2D eigenvalue weighted by Crippen LogP contribution is 2.55. The van der Waals surface area contributed by atoms with Gasteiger partial charge in [0.25, 0.3) is 0 Å². The van der Waals surface area contributed by atoms with Gasteiger partial charge in [-0.2, -0.15) is 0 Å². The zero-order valence-electron chi connectivity index (χ0n) is 24.4. The first-order chi connectivity index (χ1) is 19.6. The first kappa shape index (κ1) is 30.0. The lowest BCUT2D eigenvalue weighted by Gasteiger charge is -2.38. The molecule has 0 aromatic heterocycles. The van der Waals surface area contributed by atoms with E-state index in [1.165, 1.54) is 18.2 Å². The Kier molecular flexibility index (Phi) is 8.79. The van der Waals surface area contributed by atoms with Crippen molar-refractivity contribution in [2.24, 2.45) is 23.7 Å². The van der Waals surface area contributed by atoms with Crippen molar-refractivity contribution < 1.29 is 23.5 Å². The van der Waals surface area contributed by atoms with Crippen LogP contribution < -0.4 is 10.6 Å². The topological polar surface area (TPSA) is 91.0 Å². The van der Waals surface area contributed by atoms with E-state index in [0.29, 0.717) is 30.6 Å². The summed E-state index contributed by atoms with van der Waals surface area (Å²) in [6.45, 7) is 8.39. The second kappa shape index (κ2) is 12.0. The Labute approximate surface area is 247 Å². The normalized spacial score (nSPS) is 33.9. The number of carbonyl (C=O) groups excluding carboxylic acids is 3. The molecule has 1 aromatic carbocycles. The summed E-state index contributed by atoms with van der Waals surface area (Å²) in [6, 6.07) is 3.10. The standard InChI is InChI=1S/C31H42ClFN4O4/c1-5-6-14-36(4)15-16-37-27(29(39)35-23-9-7-8-18(2)19(23)3)31-13-12-24(41-31)25(26(31)30(37)40)28(38)34-20-10-11-22(33)21(32)17-20/h10-13,17-19,23-27H,5-9,14-16H2,1-4H3,(H,34,38)(H,35,39). The fourth-order valence-electron chi connectivity index (χ4n) is 7.17. The quantitative estimate of drug-likeness (QED) is 0.399. The van der Waals surface area contributed by atoms with Gasteiger partial charge in [-0.3, -0.25) is 14.4 Å². The average Bonchev–Trinajstić information content (AvgIpc) is 3.58. The molecule has 1 aromatic rings. The maximum Gasteiger partial charge on any atom is 0.246 e. The van der Waals surface area contributed by atoms with Crippen molar-refractivity contribution in [3.8, 4) is 0 Å². The van der Waals surface area contributed by atoms with Crippen molar-refractivity contribution in [1.82, 2.24) is 15.1 Å². The first-order valence-corrected chi connectivity index (χ1v) is 15.4. The first-order valence-electron chi connectivity index (χ1n) is 15.0. The van der Waals surface area contributed by atoms with Crippen LogP contribution in [0.3, 0.4) is 0 Å². The number of fused-ring (bicyclic) bond motifs is 1. The van der Waals surface area contributed by atoms with E-state index in [4.69, 9.17) is 16.3 Å². The number of ether oxygens (including phenoxy) is 1. The minimum absolute atomic E-state index is 0.0239. The molecule has 224 valence electrons. The van der Waals surface area contributed by atoms with Gasteiger partial charge in [-0.15, -0.1) is 0 Å². The molecule has 5 rings (SSSR count). The predicted molar refractivity (Wildman–Crippen MR) is 156 cm³/mol. The molecule has 3 amide bonds. The van der Waals surface area contributed by atoms with Crippen LogP contribution in [0.1, 0.15) is 52.9 Å². The van der Waals surface area contributed by atoms with E-state index in [1.54, 1.807) is 11.0 Å². The summed E-state index contributed by atoms with van der Waals surface area (Å²) in [5, 5.41) is 5.97. The van der Waals surface area contributed by atoms with Gasteiger partial charge in [0.05, 0.1) is 23.0 Å². The van der Waals surface area contributed by atoms with Crippen molar-refractivity contribution in [2.75, 3.05) is 32.0 Å². The van der Waals surface area contributed by atoms with Crippen LogP contribution in [0.15, 0.2) is 30.4 Å². The molecule has 41 heavy (non-hydrogen) atoms. The number of hydrogen-bond donors (Lipinski definition) is 2. The van der Waals surface area contributed by atoms with E-state index < -0.39 is 41.3 Å². The molecule has 1 saturated carbocycles. The van der Waals surface area contributed by atoms with E-state index in [2.05, 4.69) is 36.3 Å². The Bertz CT molecular complexity index is 1210. The second-order valence-electron chi connectivity index (χ2n) is 12.4. The monoisotopic (exact) mass is 588 g/mol. The van der Waals surface area contributed by atoms with E-state index in [1.807, 2.05) is 13.1 Å². The van der Waals surface area contributed by atoms with Crippen molar-refractivity contribution >= 4 is 35.0 Å². The molecule has 0 radical (unpaired) electrons. The van der Waals surface area contributed by atoms with Crippen molar-refractivity contribution in [1.29, 1.82) is 0 Å². The molecule has 2 saturated heterocycles. The Balaban J connectivity index is 1.41. The molecule has 2 N–H and O–H groups in total. The molecule has 8 nitrogen and oxygen atoms in total. The lowest BCUT2D eigenvalue weighted by atomic mass is 9.73. The number of nitrogens with one attached hydrogen (secondary N) is 2. The summed E-state index contributed by atoms with van der Waals surface area (Å²) in [5.41, 5.74) is -0.892. The van der Waals surface area contributed by atoms with E-state index >= 15 is 0 Å². The van der Waals surface area contributed by atoms with Crippen LogP contribution in [0.5, 0.6) is 0 Å². The Morgan fingerprint density at radius 1 is 1.22 bits per heavy atom. The molecule has 8 unspecified atom stereocenters. The molecule has 3 fully saturated rings. The van der Waals surface area contributed by atoms with Gasteiger partial charge in [0, 0.05) is 24.8 Å². The number of amides is 3. The number of rotatable bonds is 10. The number of nitrogens with zero attached hydrogens (tertiary/aromatic N) is 2. The van der Waals surface area contributed by atoms with Gasteiger partial charge in [-0.05, 0) is 56.5 Å². The van der Waals surface area contributed by atoms with Gasteiger partial charge in [-0.1, -0.05) is 63.8 Å². The molecule has 4 aliphatic rings. The molecular weight excluding hydrogens is 547 g/mol. The lowest BCUT2D eigenvalue weighted by molar-refractivity contribution is -0.141. The fourth-order valence-corrected chi connectivity index (χ4v) is 7.35. The summed E-state index contributed by atoms with van der Waals surface area (Å²) in [4.78, 5) is 45.7. The number of carbonyl (C=O) groups is 3. The fraction of sp³-hybridized carbons (Fsp3) is 0.645. The summed E-state index contributed by atoms with van der Waals surface area (Å²) < 4.78 is 20.1. The summed E-state index contributed by atoms with van der Waals surface area (Å²) >= 11 is 5.92. The Morgan fingerprint density at radius 2 is 2.00 bits per heavy atom. The van der Waals surface area contributed by atoms with Crippen molar-refractivity contribution in [3.05, 3.63) is 41.2 Å². The SMILES string of the molecule is CCCCN(C)CCN1C(=O)C2C(C(=O)Nc3ccc(F)c(Cl)c3)C3C=CC2(O3)C1C(=O)NC1CCCC(C)C1C. The second-order valence-corrected chi connectivity index (χ2v) is 12.8. The number of likely N-dealkylation sites (N-methyl/N-ethyl adjacent to an activating group) is 1. The number of benzene rings is 1. The molecular formula is C31H42ClFN4O4. The summed E-state index contributed by atoms with van der Waals surface area (Å²) in [5.74, 6) is -2.32. The van der Waals surface area contributed by atoms with Crippen LogP contribution in [-0.4, -0.2) is 78.0 Å². The number of anilines is 1. The van der Waals surface area contributed by atoms with E-state index in [9.17, 15) is 18.8 Å². The highest BCUT2D eigenvalue weighted by atomic mass is 35.5. The number of unbranched alkanes of at least 4 members (excludes halogenated alkanes) is 1. The zero-order valence-corrected chi connectivity index (χ0v) is 25.1. The van der Waals surface area contributed by atoms with Crippen LogP contribution in [0, 0.1) is 29.5 Å². The Morgan fingerprint density at radius 3 is 2.73 bits per heavy atom. The molecule has 8 atom stereocenters. The number of hydrogen-bond acceptors (Lipinski definition) is 5. The van der Waals surface area contributed by atoms with Gasteiger partial charge in [0.2, 0.25) is 17.7 Å². The highest BCUT2D eigenvalue weighted by Gasteiger charge is 2.72. The van der Waals surface area contributed by atoms with Crippen LogP contribution in [-0.2, 0) is 19.1 Å². The van der Waals surface area contributed by atoms with Crippen LogP contribution in [0.4, 0.5) is 10.1 Å². The van der Waals surface area contributed by atoms with Crippen LogP contribution in [0.25, 0.3) is 0 Å². The molecule has 3 heterocycles. The van der Waals surface area contributed by atoms with Gasteiger partial charge in [0.15, 0.2) is 0 Å². The maximum atomic E-state index is 14.2. The smallest absolute Gasteiger partial charge is 0.246 e. The van der Waals surface area contributed by atoms with Gasteiger partial charge < -0.3 is 25.2 Å². The van der Waals surface area contributed by atoms with Crippen LogP contribution >= 0.6 is 11.6 Å². The van der Waals surface area contributed by atoms with E-state index in [0.717, 1.165) is 38.6 Å². The van der Waals surface area contributed by atoms with Gasteiger partial charge >= 0.3 is 0 Å². The largest absolute Gasteiger partial charge is 0.359 e. The molecule has 2 bridgehead atoms. The molecule has 1 aliphatic carbocycles. The highest BCUT2D eigenvalue weighted by molar-refractivity contribution is 6.31. The summed E-state index contributed by atoms with van der Waals surface area (Å²) in [6.07, 6.45) is 8.19. The molecule has 3 aliphatic heterocycles. The third-order valence-electron chi connectivity index (χ3n) is 9.76. The number of halogens is 2. The van der Waals surface area contributed by atoms with Gasteiger partial charge in [-0.25, -0.2) is 4.39 Å². The van der Waals surface area contributed by atoms with Crippen molar-refractivity contribution in [3.63, 3.8) is 0 Å². The third kappa shape index (κ3) is 5.53. The van der Waals surface area contributed by atoms with Gasteiger partial charge in [0.1, 0.15) is 17.5 Å². The van der Waals surface area contributed by atoms with E-state index in [-0.39, 0.29) is 22.9 Å². The predicted octanol–water partition coefficient (Wildman–Crippen LogP) is 4.24. The zero-order chi connectivity index (χ0) is 29.5. The Hall–Kier alpha value is -2.49. The minimum Gasteiger partial charge on any atom is -0.359 e. The van der Waals surface area contributed by atoms with Crippen LogP contribution in [0.2, 0.25) is 5.02 Å². The third-order valence-corrected chi connectivity index (χ3v) is 10.1. The minimum atomic E-state index is -1.22. The molecule has 1 spiro atoms.